The number of carbonyl (C=O) groups excluding carboxylic acids is 2. The quantitative estimate of drug-likeness (QED) is 0.377. The third kappa shape index (κ3) is 6.54. The molecule has 0 radical (unpaired) electrons. The third-order valence-corrected chi connectivity index (χ3v) is 1.45. The molecule has 0 saturated carbocycles. The van der Waals surface area contributed by atoms with Crippen molar-refractivity contribution in [2.24, 2.45) is 0 Å². The van der Waals surface area contributed by atoms with Crippen LogP contribution in [0.3, 0.4) is 0 Å². The van der Waals surface area contributed by atoms with Gasteiger partial charge in [0.2, 0.25) is 0 Å². The van der Waals surface area contributed by atoms with Gasteiger partial charge in [0, 0.05) is 0 Å². The summed E-state index contributed by atoms with van der Waals surface area (Å²) in [4.78, 5) is 22.1. The highest BCUT2D eigenvalue weighted by molar-refractivity contribution is 5.84. The fraction of sp³-hybridized carbons (Fsp3) is 0.600. The van der Waals surface area contributed by atoms with Gasteiger partial charge in [-0.3, -0.25) is 4.79 Å². The SMILES string of the molecule is CCOC(=O)C=C(CC(=O)OCC)OC. The molecule has 0 rings (SSSR count). The van der Waals surface area contributed by atoms with E-state index in [9.17, 15) is 9.59 Å². The number of methoxy groups -OCH3 is 1. The van der Waals surface area contributed by atoms with Crippen molar-refractivity contribution >= 4 is 11.9 Å². The molecule has 0 bridgehead atoms. The normalized spacial score (nSPS) is 10.7. The van der Waals surface area contributed by atoms with E-state index in [0.717, 1.165) is 6.08 Å². The Morgan fingerprint density at radius 3 is 2.20 bits per heavy atom. The lowest BCUT2D eigenvalue weighted by Gasteiger charge is -2.05. The molecular formula is C10H16O5. The summed E-state index contributed by atoms with van der Waals surface area (Å²) in [5.41, 5.74) is 0. The first-order valence-electron chi connectivity index (χ1n) is 4.70. The van der Waals surface area contributed by atoms with Crippen LogP contribution < -0.4 is 0 Å². The van der Waals surface area contributed by atoms with E-state index in [1.165, 1.54) is 7.11 Å². The molecule has 0 unspecified atom stereocenters. The Kier molecular flexibility index (Phi) is 7.05. The first-order valence-corrected chi connectivity index (χ1v) is 4.70. The van der Waals surface area contributed by atoms with Gasteiger partial charge >= 0.3 is 11.9 Å². The van der Waals surface area contributed by atoms with Crippen LogP contribution in [0.5, 0.6) is 0 Å². The Balaban J connectivity index is 4.22. The summed E-state index contributed by atoms with van der Waals surface area (Å²) in [6, 6.07) is 0. The Labute approximate surface area is 89.0 Å². The van der Waals surface area contributed by atoms with Gasteiger partial charge in [0.1, 0.15) is 12.2 Å². The van der Waals surface area contributed by atoms with E-state index >= 15 is 0 Å². The standard InChI is InChI=1S/C10H16O5/c1-4-14-9(11)6-8(13-3)7-10(12)15-5-2/h6H,4-5,7H2,1-3H3. The molecule has 0 amide bonds. The van der Waals surface area contributed by atoms with Crippen molar-refractivity contribution in [2.75, 3.05) is 20.3 Å². The van der Waals surface area contributed by atoms with Gasteiger partial charge < -0.3 is 14.2 Å². The van der Waals surface area contributed by atoms with Crippen molar-refractivity contribution in [1.82, 2.24) is 0 Å². The van der Waals surface area contributed by atoms with Crippen LogP contribution in [-0.2, 0) is 23.8 Å². The molecule has 0 aliphatic heterocycles. The van der Waals surface area contributed by atoms with Gasteiger partial charge in [-0.2, -0.15) is 0 Å². The molecule has 0 fully saturated rings. The third-order valence-electron chi connectivity index (χ3n) is 1.45. The summed E-state index contributed by atoms with van der Waals surface area (Å²) in [7, 11) is 1.38. The van der Waals surface area contributed by atoms with Crippen molar-refractivity contribution in [3.05, 3.63) is 11.8 Å². The number of carbonyl (C=O) groups is 2. The van der Waals surface area contributed by atoms with E-state index in [1.54, 1.807) is 13.8 Å². The molecular weight excluding hydrogens is 200 g/mol. The summed E-state index contributed by atoms with van der Waals surface area (Å²) in [6.45, 7) is 3.99. The van der Waals surface area contributed by atoms with Crippen LogP contribution in [0.4, 0.5) is 0 Å². The molecule has 0 aromatic carbocycles. The molecule has 0 saturated heterocycles. The lowest BCUT2D eigenvalue weighted by Crippen LogP contribution is -2.08. The molecule has 86 valence electrons. The van der Waals surface area contributed by atoms with Crippen LogP contribution in [0, 0.1) is 0 Å². The number of hydrogen-bond donors (Lipinski definition) is 0. The highest BCUT2D eigenvalue weighted by Gasteiger charge is 2.09. The predicted molar refractivity (Wildman–Crippen MR) is 53.0 cm³/mol. The zero-order chi connectivity index (χ0) is 11.7. The Bertz CT molecular complexity index is 244. The van der Waals surface area contributed by atoms with Crippen molar-refractivity contribution in [1.29, 1.82) is 0 Å². The summed E-state index contributed by atoms with van der Waals surface area (Å²) < 4.78 is 14.2. The van der Waals surface area contributed by atoms with Gasteiger partial charge in [0.15, 0.2) is 0 Å². The van der Waals surface area contributed by atoms with Gasteiger partial charge in [0.05, 0.1) is 26.4 Å². The summed E-state index contributed by atoms with van der Waals surface area (Å²) in [6.07, 6.45) is 1.07. The zero-order valence-electron chi connectivity index (χ0n) is 9.24. The minimum atomic E-state index is -0.529. The smallest absolute Gasteiger partial charge is 0.334 e. The minimum Gasteiger partial charge on any atom is -0.500 e. The molecule has 0 heterocycles. The Hall–Kier alpha value is -1.52. The van der Waals surface area contributed by atoms with Crippen LogP contribution in [-0.4, -0.2) is 32.3 Å². The van der Waals surface area contributed by atoms with Crippen molar-refractivity contribution < 1.29 is 23.8 Å². The maximum atomic E-state index is 11.1. The molecule has 0 spiro atoms. The summed E-state index contributed by atoms with van der Waals surface area (Å²) in [5, 5.41) is 0. The van der Waals surface area contributed by atoms with Crippen LogP contribution in [0.15, 0.2) is 11.8 Å². The van der Waals surface area contributed by atoms with Crippen LogP contribution in [0.2, 0.25) is 0 Å². The fourth-order valence-corrected chi connectivity index (χ4v) is 0.852. The van der Waals surface area contributed by atoms with Gasteiger partial charge in [-0.1, -0.05) is 0 Å². The van der Waals surface area contributed by atoms with E-state index in [1.807, 2.05) is 0 Å². The lowest BCUT2D eigenvalue weighted by atomic mass is 10.3. The molecule has 0 atom stereocenters. The maximum Gasteiger partial charge on any atom is 0.334 e. The Morgan fingerprint density at radius 2 is 1.73 bits per heavy atom. The zero-order valence-corrected chi connectivity index (χ0v) is 9.24. The maximum absolute atomic E-state index is 11.1. The molecule has 5 heteroatoms. The summed E-state index contributed by atoms with van der Waals surface area (Å²) >= 11 is 0. The van der Waals surface area contributed by atoms with E-state index in [-0.39, 0.29) is 18.8 Å². The molecule has 0 aromatic heterocycles. The monoisotopic (exact) mass is 216 g/mol. The van der Waals surface area contributed by atoms with Crippen molar-refractivity contribution in [3.63, 3.8) is 0 Å². The topological polar surface area (TPSA) is 61.8 Å². The van der Waals surface area contributed by atoms with E-state index in [0.29, 0.717) is 6.61 Å². The number of rotatable bonds is 6. The van der Waals surface area contributed by atoms with Crippen LogP contribution in [0.25, 0.3) is 0 Å². The van der Waals surface area contributed by atoms with Crippen molar-refractivity contribution in [2.45, 2.75) is 20.3 Å². The van der Waals surface area contributed by atoms with Crippen molar-refractivity contribution in [3.8, 4) is 0 Å². The number of hydrogen-bond acceptors (Lipinski definition) is 5. The average Bonchev–Trinajstić information content (AvgIpc) is 2.17. The second kappa shape index (κ2) is 7.84. The Morgan fingerprint density at radius 1 is 1.13 bits per heavy atom. The van der Waals surface area contributed by atoms with E-state index < -0.39 is 11.9 Å². The van der Waals surface area contributed by atoms with E-state index in [4.69, 9.17) is 9.47 Å². The lowest BCUT2D eigenvalue weighted by molar-refractivity contribution is -0.142. The predicted octanol–water partition coefficient (Wildman–Crippen LogP) is 1.03. The molecule has 0 aliphatic rings. The average molecular weight is 216 g/mol. The molecule has 0 aliphatic carbocycles. The second-order valence-electron chi connectivity index (χ2n) is 2.55. The molecule has 0 N–H and O–H groups in total. The van der Waals surface area contributed by atoms with Gasteiger partial charge in [-0.05, 0) is 13.8 Å². The molecule has 15 heavy (non-hydrogen) atoms. The van der Waals surface area contributed by atoms with Gasteiger partial charge in [0.25, 0.3) is 0 Å². The largest absolute Gasteiger partial charge is 0.500 e. The summed E-state index contributed by atoms with van der Waals surface area (Å²) in [5.74, 6) is -0.736. The highest BCUT2D eigenvalue weighted by atomic mass is 16.5. The van der Waals surface area contributed by atoms with Crippen LogP contribution in [0.1, 0.15) is 20.3 Å². The fourth-order valence-electron chi connectivity index (χ4n) is 0.852. The first-order chi connectivity index (χ1) is 7.13. The second-order valence-corrected chi connectivity index (χ2v) is 2.55. The van der Waals surface area contributed by atoms with Crippen LogP contribution >= 0.6 is 0 Å². The number of ether oxygens (including phenoxy) is 3. The van der Waals surface area contributed by atoms with Gasteiger partial charge in [-0.25, -0.2) is 4.79 Å². The first kappa shape index (κ1) is 13.5. The molecule has 0 aromatic rings. The van der Waals surface area contributed by atoms with E-state index in [2.05, 4.69) is 4.74 Å². The minimum absolute atomic E-state index is 0.0663. The number of esters is 2. The van der Waals surface area contributed by atoms with Gasteiger partial charge in [-0.15, -0.1) is 0 Å². The molecule has 5 nitrogen and oxygen atoms in total. The highest BCUT2D eigenvalue weighted by Crippen LogP contribution is 2.04.